The number of ketones is 2. The minimum atomic E-state index is -0.230. The van der Waals surface area contributed by atoms with E-state index in [0.717, 1.165) is 28.7 Å². The Labute approximate surface area is 148 Å². The lowest BCUT2D eigenvalue weighted by Gasteiger charge is -2.26. The van der Waals surface area contributed by atoms with Gasteiger partial charge in [0.15, 0.2) is 11.6 Å². The second-order valence-corrected chi connectivity index (χ2v) is 7.46. The van der Waals surface area contributed by atoms with Crippen molar-refractivity contribution in [1.29, 1.82) is 0 Å². The zero-order valence-corrected chi connectivity index (χ0v) is 14.6. The molecule has 2 heteroatoms. The van der Waals surface area contributed by atoms with Crippen molar-refractivity contribution in [2.75, 3.05) is 0 Å². The largest absolute Gasteiger partial charge is 0.294 e. The van der Waals surface area contributed by atoms with Crippen molar-refractivity contribution in [3.63, 3.8) is 0 Å². The molecule has 1 fully saturated rings. The van der Waals surface area contributed by atoms with E-state index in [1.807, 2.05) is 62.4 Å². The molecule has 4 atom stereocenters. The first-order valence-corrected chi connectivity index (χ1v) is 8.94. The monoisotopic (exact) mass is 330 g/mol. The summed E-state index contributed by atoms with van der Waals surface area (Å²) in [5.41, 5.74) is 3.71. The quantitative estimate of drug-likeness (QED) is 0.595. The Hall–Kier alpha value is -2.48. The Kier molecular flexibility index (Phi) is 3.91. The van der Waals surface area contributed by atoms with Gasteiger partial charge in [-0.2, -0.15) is 0 Å². The Morgan fingerprint density at radius 3 is 1.40 bits per heavy atom. The van der Waals surface area contributed by atoms with E-state index in [1.54, 1.807) is 0 Å². The molecule has 2 aliphatic carbocycles. The second-order valence-electron chi connectivity index (χ2n) is 7.46. The first-order valence-electron chi connectivity index (χ1n) is 8.94. The van der Waals surface area contributed by atoms with E-state index in [2.05, 4.69) is 12.2 Å². The van der Waals surface area contributed by atoms with E-state index in [9.17, 15) is 9.59 Å². The highest BCUT2D eigenvalue weighted by atomic mass is 16.1. The molecule has 4 rings (SSSR count). The van der Waals surface area contributed by atoms with Crippen molar-refractivity contribution in [3.8, 4) is 0 Å². The molecule has 2 aliphatic rings. The van der Waals surface area contributed by atoms with E-state index in [1.165, 1.54) is 0 Å². The highest BCUT2D eigenvalue weighted by Crippen LogP contribution is 2.50. The highest BCUT2D eigenvalue weighted by Gasteiger charge is 2.51. The number of hydrogen-bond acceptors (Lipinski definition) is 2. The maximum atomic E-state index is 13.2. The van der Waals surface area contributed by atoms with Crippen LogP contribution in [0.5, 0.6) is 0 Å². The van der Waals surface area contributed by atoms with E-state index < -0.39 is 0 Å². The van der Waals surface area contributed by atoms with Crippen molar-refractivity contribution >= 4 is 11.6 Å². The van der Waals surface area contributed by atoms with Crippen LogP contribution < -0.4 is 0 Å². The number of allylic oxidation sites excluding steroid dienone is 2. The molecule has 0 saturated heterocycles. The van der Waals surface area contributed by atoms with Gasteiger partial charge < -0.3 is 0 Å². The summed E-state index contributed by atoms with van der Waals surface area (Å²) in [5, 5.41) is 0. The molecular weight excluding hydrogens is 308 g/mol. The van der Waals surface area contributed by atoms with Crippen LogP contribution in [0.1, 0.15) is 38.3 Å². The summed E-state index contributed by atoms with van der Waals surface area (Å²) in [6.45, 7) is 4.02. The molecule has 126 valence electrons. The van der Waals surface area contributed by atoms with Gasteiger partial charge in [-0.15, -0.1) is 0 Å². The SMILES string of the molecule is Cc1ccc(C(=O)[C@@H]2[C@H](C(=O)c3ccc(C)cc3)[C@H]3C=C[C@H]2C3)cc1. The molecule has 0 aliphatic heterocycles. The number of carbonyl (C=O) groups excluding carboxylic acids is 2. The van der Waals surface area contributed by atoms with E-state index >= 15 is 0 Å². The summed E-state index contributed by atoms with van der Waals surface area (Å²) in [6, 6.07) is 15.4. The van der Waals surface area contributed by atoms with Crippen molar-refractivity contribution in [2.24, 2.45) is 23.7 Å². The zero-order chi connectivity index (χ0) is 17.6. The lowest BCUT2D eigenvalue weighted by atomic mass is 9.75. The molecule has 0 spiro atoms. The molecule has 2 nitrogen and oxygen atoms in total. The van der Waals surface area contributed by atoms with Crippen LogP contribution >= 0.6 is 0 Å². The minimum absolute atomic E-state index is 0.113. The standard InChI is InChI=1S/C23H22O2/c1-14-3-7-16(8-4-14)22(24)20-18-11-12-19(13-18)21(20)23(25)17-9-5-15(2)6-10-17/h3-12,18-21H,13H2,1-2H3/t18-,19-,20-,21+/m0/s1. The molecule has 0 radical (unpaired) electrons. The molecule has 2 bridgehead atoms. The maximum absolute atomic E-state index is 13.2. The maximum Gasteiger partial charge on any atom is 0.167 e. The number of rotatable bonds is 4. The third-order valence-corrected chi connectivity index (χ3v) is 5.74. The van der Waals surface area contributed by atoms with Crippen LogP contribution in [0.2, 0.25) is 0 Å². The Balaban J connectivity index is 1.67. The van der Waals surface area contributed by atoms with Gasteiger partial charge in [-0.05, 0) is 32.1 Å². The first-order chi connectivity index (χ1) is 12.0. The van der Waals surface area contributed by atoms with Crippen LogP contribution in [-0.4, -0.2) is 11.6 Å². The van der Waals surface area contributed by atoms with Gasteiger partial charge in [0.1, 0.15) is 0 Å². The second kappa shape index (κ2) is 6.11. The Bertz CT molecular complexity index is 771. The van der Waals surface area contributed by atoms with Crippen molar-refractivity contribution in [3.05, 3.63) is 82.9 Å². The molecule has 0 N–H and O–H groups in total. The molecule has 0 aromatic heterocycles. The summed E-state index contributed by atoms with van der Waals surface area (Å²) in [4.78, 5) is 26.3. The van der Waals surface area contributed by atoms with Gasteiger partial charge in [0.05, 0.1) is 0 Å². The van der Waals surface area contributed by atoms with Gasteiger partial charge in [-0.1, -0.05) is 71.8 Å². The third-order valence-electron chi connectivity index (χ3n) is 5.74. The van der Waals surface area contributed by atoms with Gasteiger partial charge in [0.2, 0.25) is 0 Å². The summed E-state index contributed by atoms with van der Waals surface area (Å²) in [5.74, 6) is 0.152. The molecule has 2 aromatic rings. The van der Waals surface area contributed by atoms with Gasteiger partial charge in [-0.25, -0.2) is 0 Å². The summed E-state index contributed by atoms with van der Waals surface area (Å²) in [6.07, 6.45) is 5.20. The fourth-order valence-corrected chi connectivity index (χ4v) is 4.36. The third kappa shape index (κ3) is 2.76. The van der Waals surface area contributed by atoms with Gasteiger partial charge in [-0.3, -0.25) is 9.59 Å². The van der Waals surface area contributed by atoms with Crippen LogP contribution in [0.3, 0.4) is 0 Å². The molecule has 2 aromatic carbocycles. The normalized spacial score (nSPS) is 26.8. The van der Waals surface area contributed by atoms with Gasteiger partial charge in [0.25, 0.3) is 0 Å². The van der Waals surface area contributed by atoms with Crippen molar-refractivity contribution in [1.82, 2.24) is 0 Å². The number of carbonyl (C=O) groups is 2. The average Bonchev–Trinajstić information content (AvgIpc) is 3.23. The number of aryl methyl sites for hydroxylation is 2. The molecule has 0 unspecified atom stereocenters. The number of benzene rings is 2. The lowest BCUT2D eigenvalue weighted by Crippen LogP contribution is -2.33. The smallest absolute Gasteiger partial charge is 0.167 e. The van der Waals surface area contributed by atoms with Crippen LogP contribution in [-0.2, 0) is 0 Å². The Morgan fingerprint density at radius 2 is 1.04 bits per heavy atom. The van der Waals surface area contributed by atoms with Crippen LogP contribution in [0, 0.1) is 37.5 Å². The van der Waals surface area contributed by atoms with Crippen molar-refractivity contribution in [2.45, 2.75) is 20.3 Å². The van der Waals surface area contributed by atoms with E-state index in [-0.39, 0.29) is 35.2 Å². The molecule has 1 saturated carbocycles. The van der Waals surface area contributed by atoms with Crippen molar-refractivity contribution < 1.29 is 9.59 Å². The fraction of sp³-hybridized carbons (Fsp3) is 0.304. The van der Waals surface area contributed by atoms with Crippen LogP contribution in [0.4, 0.5) is 0 Å². The number of fused-ring (bicyclic) bond motifs is 2. The van der Waals surface area contributed by atoms with Crippen LogP contribution in [0.15, 0.2) is 60.7 Å². The van der Waals surface area contributed by atoms with Gasteiger partial charge >= 0.3 is 0 Å². The Morgan fingerprint density at radius 1 is 0.680 bits per heavy atom. The molecule has 25 heavy (non-hydrogen) atoms. The summed E-state index contributed by atoms with van der Waals surface area (Å²) in [7, 11) is 0. The van der Waals surface area contributed by atoms with E-state index in [0.29, 0.717) is 0 Å². The number of hydrogen-bond donors (Lipinski definition) is 0. The molecular formula is C23H22O2. The number of Topliss-reactive ketones (excluding diaryl/α,β-unsaturated/α-hetero) is 2. The first kappa shape index (κ1) is 16.0. The highest BCUT2D eigenvalue weighted by molar-refractivity contribution is 6.06. The molecule has 0 heterocycles. The van der Waals surface area contributed by atoms with Crippen LogP contribution in [0.25, 0.3) is 0 Å². The van der Waals surface area contributed by atoms with E-state index in [4.69, 9.17) is 0 Å². The lowest BCUT2D eigenvalue weighted by molar-refractivity contribution is 0.0752. The average molecular weight is 330 g/mol. The summed E-state index contributed by atoms with van der Waals surface area (Å²) < 4.78 is 0. The predicted octanol–water partition coefficient (Wildman–Crippen LogP) is 4.81. The molecule has 0 amide bonds. The predicted molar refractivity (Wildman–Crippen MR) is 98.7 cm³/mol. The summed E-state index contributed by atoms with van der Waals surface area (Å²) >= 11 is 0. The minimum Gasteiger partial charge on any atom is -0.294 e. The zero-order valence-electron chi connectivity index (χ0n) is 14.6. The van der Waals surface area contributed by atoms with Gasteiger partial charge in [0, 0.05) is 23.0 Å². The fourth-order valence-electron chi connectivity index (χ4n) is 4.36. The topological polar surface area (TPSA) is 34.1 Å².